The van der Waals surface area contributed by atoms with E-state index in [2.05, 4.69) is 30.8 Å². The monoisotopic (exact) mass is 494 g/mol. The summed E-state index contributed by atoms with van der Waals surface area (Å²) in [5.74, 6) is -0.622. The first-order valence-electron chi connectivity index (χ1n) is 9.57. The summed E-state index contributed by atoms with van der Waals surface area (Å²) in [6, 6.07) is 16.4. The van der Waals surface area contributed by atoms with E-state index in [1.165, 1.54) is 23.1 Å². The maximum Gasteiger partial charge on any atom is 0.279 e. The topological polar surface area (TPSA) is 129 Å². The molecule has 2 aromatic carbocycles. The number of benzene rings is 2. The molecule has 0 bridgehead atoms. The molecule has 2 amide bonds. The predicted molar refractivity (Wildman–Crippen MR) is 128 cm³/mol. The van der Waals surface area contributed by atoms with Crippen molar-refractivity contribution in [2.24, 2.45) is 4.99 Å². The minimum Gasteiger partial charge on any atom is -0.492 e. The maximum absolute atomic E-state index is 12.4. The largest absolute Gasteiger partial charge is 0.492 e. The number of amides is 2. The number of para-hydroxylation sites is 2. The first-order valence-corrected chi connectivity index (χ1v) is 12.2. The molecule has 0 spiro atoms. The molecule has 2 aromatic heterocycles. The number of thiazole rings is 1. The zero-order valence-electron chi connectivity index (χ0n) is 16.7. The fraction of sp³-hybridized carbons (Fsp3) is 0.0476. The summed E-state index contributed by atoms with van der Waals surface area (Å²) in [4.78, 5) is 33.0. The summed E-state index contributed by atoms with van der Waals surface area (Å²) in [5.41, 5.74) is 1.06. The number of hydrogen-bond donors (Lipinski definition) is 3. The minimum absolute atomic E-state index is 0.144. The number of hydrogen-bond acceptors (Lipinski definition) is 10. The van der Waals surface area contributed by atoms with E-state index in [9.17, 15) is 14.7 Å². The molecule has 12 heteroatoms. The minimum atomic E-state index is -0.412. The molecule has 1 aliphatic rings. The molecule has 9 nitrogen and oxygen atoms in total. The summed E-state index contributed by atoms with van der Waals surface area (Å²) >= 11 is 3.65. The van der Waals surface area contributed by atoms with Crippen molar-refractivity contribution in [3.05, 3.63) is 70.1 Å². The van der Waals surface area contributed by atoms with E-state index in [1.807, 2.05) is 36.4 Å². The number of anilines is 3. The Kier molecular flexibility index (Phi) is 5.86. The Bertz CT molecular complexity index is 1480. The molecule has 0 radical (unpaired) electrons. The molecular weight excluding hydrogens is 480 g/mol. The number of nitrogens with zero attached hydrogens (tertiary/aromatic N) is 4. The highest BCUT2D eigenvalue weighted by atomic mass is 32.2. The van der Waals surface area contributed by atoms with Gasteiger partial charge in [0.25, 0.3) is 5.91 Å². The molecule has 3 N–H and O–H groups in total. The number of aromatic hydroxyl groups is 1. The lowest BCUT2D eigenvalue weighted by atomic mass is 10.1. The van der Waals surface area contributed by atoms with E-state index in [1.54, 1.807) is 18.2 Å². The fourth-order valence-electron chi connectivity index (χ4n) is 3.07. The standard InChI is InChI=1S/C21H14N6O3S3/c28-14(22-11-6-2-1-3-7-11)10-31-21-27-26-20(33-21)25-19-24-18(30)16(32-19)15-12-8-4-5-9-13(12)23-17(15)29/h1-9,30H,10H2,(H,22,28)(H,24,25,26). The summed E-state index contributed by atoms with van der Waals surface area (Å²) in [6.45, 7) is 0. The van der Waals surface area contributed by atoms with Crippen LogP contribution in [0.3, 0.4) is 0 Å². The van der Waals surface area contributed by atoms with Crippen LogP contribution in [0.25, 0.3) is 5.57 Å². The number of carbonyl (C=O) groups excluding carboxylic acids is 2. The molecule has 4 aromatic rings. The van der Waals surface area contributed by atoms with E-state index in [4.69, 9.17) is 0 Å². The van der Waals surface area contributed by atoms with Gasteiger partial charge in [-0.3, -0.25) is 9.59 Å². The zero-order chi connectivity index (χ0) is 22.8. The van der Waals surface area contributed by atoms with Gasteiger partial charge in [-0.2, -0.15) is 4.98 Å². The van der Waals surface area contributed by atoms with Gasteiger partial charge in [0.2, 0.25) is 16.9 Å². The van der Waals surface area contributed by atoms with Gasteiger partial charge in [0.05, 0.1) is 16.7 Å². The van der Waals surface area contributed by atoms with Crippen LogP contribution in [0.2, 0.25) is 0 Å². The van der Waals surface area contributed by atoms with Gasteiger partial charge in [0.1, 0.15) is 4.88 Å². The molecule has 0 aliphatic carbocycles. The quantitative estimate of drug-likeness (QED) is 0.334. The van der Waals surface area contributed by atoms with Gasteiger partial charge in [-0.05, 0) is 18.2 Å². The number of nitrogens with one attached hydrogen (secondary N) is 2. The normalized spacial score (nSPS) is 12.4. The van der Waals surface area contributed by atoms with Crippen LogP contribution >= 0.6 is 34.4 Å². The van der Waals surface area contributed by atoms with Crippen molar-refractivity contribution in [2.75, 3.05) is 16.4 Å². The van der Waals surface area contributed by atoms with Gasteiger partial charge in [-0.1, -0.05) is 70.8 Å². The van der Waals surface area contributed by atoms with Gasteiger partial charge in [0, 0.05) is 10.9 Å². The highest BCUT2D eigenvalue weighted by molar-refractivity contribution is 8.01. The van der Waals surface area contributed by atoms with Crippen LogP contribution in [0.4, 0.5) is 16.0 Å². The van der Waals surface area contributed by atoms with Crippen LogP contribution in [-0.4, -0.2) is 37.9 Å². The fourth-order valence-corrected chi connectivity index (χ4v) is 5.59. The van der Waals surface area contributed by atoms with E-state index >= 15 is 0 Å². The van der Waals surface area contributed by atoms with E-state index in [0.29, 0.717) is 35.6 Å². The van der Waals surface area contributed by atoms with E-state index < -0.39 is 5.91 Å². The number of rotatable bonds is 7. The van der Waals surface area contributed by atoms with Gasteiger partial charge in [-0.15, -0.1) is 10.2 Å². The van der Waals surface area contributed by atoms with Crippen LogP contribution in [0.1, 0.15) is 4.88 Å². The smallest absolute Gasteiger partial charge is 0.279 e. The van der Waals surface area contributed by atoms with Gasteiger partial charge in [-0.25, -0.2) is 4.99 Å². The number of aromatic nitrogens is 3. The second-order valence-corrected chi connectivity index (χ2v) is 9.88. The maximum atomic E-state index is 12.4. The summed E-state index contributed by atoms with van der Waals surface area (Å²) in [7, 11) is 0. The van der Waals surface area contributed by atoms with Crippen LogP contribution in [0.15, 0.2) is 63.9 Å². The summed E-state index contributed by atoms with van der Waals surface area (Å²) in [5, 5.41) is 26.3. The predicted octanol–water partition coefficient (Wildman–Crippen LogP) is 2.53. The molecule has 3 heterocycles. The second kappa shape index (κ2) is 9.10. The SMILES string of the molecule is O=C(CSc1nnc(Nc2nc(O)c(C3=c4ccccc4=NC3=O)s2)s1)Nc1ccccc1. The Morgan fingerprint density at radius 1 is 1.00 bits per heavy atom. The molecular formula is C21H14N6O3S3. The van der Waals surface area contributed by atoms with Crippen molar-refractivity contribution >= 4 is 67.8 Å². The lowest BCUT2D eigenvalue weighted by molar-refractivity contribution is -0.114. The Morgan fingerprint density at radius 2 is 1.79 bits per heavy atom. The third-order valence-electron chi connectivity index (χ3n) is 4.45. The number of thioether (sulfide) groups is 1. The van der Waals surface area contributed by atoms with Crippen molar-refractivity contribution in [3.8, 4) is 5.88 Å². The van der Waals surface area contributed by atoms with Crippen LogP contribution in [0, 0.1) is 0 Å². The van der Waals surface area contributed by atoms with Gasteiger partial charge < -0.3 is 15.7 Å². The average Bonchev–Trinajstić information content (AvgIpc) is 3.49. The Labute approximate surface area is 199 Å². The van der Waals surface area contributed by atoms with Gasteiger partial charge >= 0.3 is 0 Å². The molecule has 0 unspecified atom stereocenters. The lowest BCUT2D eigenvalue weighted by Crippen LogP contribution is -2.22. The molecule has 5 rings (SSSR count). The second-order valence-electron chi connectivity index (χ2n) is 6.68. The third kappa shape index (κ3) is 4.62. The van der Waals surface area contributed by atoms with E-state index in [-0.39, 0.29) is 17.5 Å². The van der Waals surface area contributed by atoms with Crippen molar-refractivity contribution in [1.29, 1.82) is 0 Å². The zero-order valence-corrected chi connectivity index (χ0v) is 19.1. The number of fused-ring (bicyclic) bond motifs is 1. The van der Waals surface area contributed by atoms with Crippen LogP contribution < -0.4 is 21.2 Å². The van der Waals surface area contributed by atoms with Crippen LogP contribution in [0.5, 0.6) is 5.88 Å². The van der Waals surface area contributed by atoms with Crippen LogP contribution in [-0.2, 0) is 9.59 Å². The molecule has 33 heavy (non-hydrogen) atoms. The molecule has 0 fully saturated rings. The van der Waals surface area contributed by atoms with Crippen molar-refractivity contribution in [3.63, 3.8) is 0 Å². The summed E-state index contributed by atoms with van der Waals surface area (Å²) in [6.07, 6.45) is 0. The van der Waals surface area contributed by atoms with E-state index in [0.717, 1.165) is 17.0 Å². The lowest BCUT2D eigenvalue weighted by Gasteiger charge is -2.02. The average molecular weight is 495 g/mol. The molecule has 0 saturated carbocycles. The van der Waals surface area contributed by atoms with Crippen molar-refractivity contribution in [1.82, 2.24) is 15.2 Å². The molecule has 0 atom stereocenters. The Balaban J connectivity index is 1.26. The van der Waals surface area contributed by atoms with Gasteiger partial charge in [0.15, 0.2) is 9.47 Å². The first kappa shape index (κ1) is 21.2. The third-order valence-corrected chi connectivity index (χ3v) is 7.40. The van der Waals surface area contributed by atoms with Crippen molar-refractivity contribution in [2.45, 2.75) is 4.34 Å². The Morgan fingerprint density at radius 3 is 2.64 bits per heavy atom. The van der Waals surface area contributed by atoms with Crippen molar-refractivity contribution < 1.29 is 14.7 Å². The molecule has 164 valence electrons. The first-order chi connectivity index (χ1) is 16.1. The summed E-state index contributed by atoms with van der Waals surface area (Å²) < 4.78 is 0.606. The number of carbonyl (C=O) groups is 2. The Hall–Kier alpha value is -3.61. The highest BCUT2D eigenvalue weighted by Gasteiger charge is 2.25. The molecule has 0 saturated heterocycles. The molecule has 1 aliphatic heterocycles. The highest BCUT2D eigenvalue weighted by Crippen LogP contribution is 2.36.